The highest BCUT2D eigenvalue weighted by Crippen LogP contribution is 2.78. The van der Waals surface area contributed by atoms with E-state index in [-0.39, 0.29) is 106 Å². The zero-order valence-electron chi connectivity index (χ0n) is 76.1. The average molecular weight is 1720 g/mol. The van der Waals surface area contributed by atoms with Crippen LogP contribution in [0, 0.1) is 155 Å². The van der Waals surface area contributed by atoms with Gasteiger partial charge in [0.2, 0.25) is 5.92 Å². The maximum atomic E-state index is 12.9. The Kier molecular flexibility index (Phi) is 51.4. The summed E-state index contributed by atoms with van der Waals surface area (Å²) in [6.07, 6.45) is 46.5. The van der Waals surface area contributed by atoms with Crippen molar-refractivity contribution in [2.75, 3.05) is 6.61 Å². The summed E-state index contributed by atoms with van der Waals surface area (Å²) in [6.45, 7) is 60.0. The van der Waals surface area contributed by atoms with E-state index in [0.717, 1.165) is 139 Å². The smallest absolute Gasteiger partial charge is 0.248 e. The molecule has 2 aromatic rings. The molecular weight excluding hydrogens is 1500 g/mol. The number of alkyl halides is 3. The van der Waals surface area contributed by atoms with E-state index >= 15 is 0 Å². The third-order valence-electron chi connectivity index (χ3n) is 35.1. The molecule has 23 fully saturated rings. The molecule has 1 nitrogen and oxygen atoms in total. The van der Waals surface area contributed by atoms with Gasteiger partial charge >= 0.3 is 0 Å². The summed E-state index contributed by atoms with van der Waals surface area (Å²) in [5.74, 6) is 13.1. The Balaban J connectivity index is -0.000000608. The van der Waals surface area contributed by atoms with Crippen molar-refractivity contribution < 1.29 is 22.7 Å². The molecule has 23 saturated carbocycles. The van der Waals surface area contributed by atoms with Crippen LogP contribution in [0.4, 0.5) is 17.6 Å². The maximum absolute atomic E-state index is 12.9. The number of aliphatic hydroxyl groups excluding tert-OH is 1. The van der Waals surface area contributed by atoms with Crippen molar-refractivity contribution in [3.8, 4) is 0 Å². The summed E-state index contributed by atoms with van der Waals surface area (Å²) in [4.78, 5) is 0. The molecule has 23 aliphatic carbocycles. The van der Waals surface area contributed by atoms with Crippen LogP contribution in [0.5, 0.6) is 0 Å². The van der Waals surface area contributed by atoms with E-state index < -0.39 is 11.6 Å². The van der Waals surface area contributed by atoms with E-state index in [1.807, 2.05) is 38.1 Å². The van der Waals surface area contributed by atoms with Gasteiger partial charge in [-0.05, 0) is 363 Å². The highest BCUT2D eigenvalue weighted by Gasteiger charge is 2.70. The van der Waals surface area contributed by atoms with Crippen molar-refractivity contribution in [1.82, 2.24) is 0 Å². The van der Waals surface area contributed by atoms with Gasteiger partial charge in [-0.2, -0.15) is 0 Å². The van der Waals surface area contributed by atoms with Crippen LogP contribution in [-0.2, 0) is 0 Å². The largest absolute Gasteiger partial charge is 0.396 e. The van der Waals surface area contributed by atoms with Crippen molar-refractivity contribution in [3.05, 3.63) is 70.5 Å². The second kappa shape index (κ2) is 49.4. The van der Waals surface area contributed by atoms with Gasteiger partial charge in [-0.25, -0.2) is 17.6 Å². The molecule has 0 atom stereocenters. The summed E-state index contributed by atoms with van der Waals surface area (Å²) in [5.41, 5.74) is 9.10. The molecule has 0 unspecified atom stereocenters. The molecule has 716 valence electrons. The summed E-state index contributed by atoms with van der Waals surface area (Å²) >= 11 is 5.72. The molecule has 14 bridgehead atoms. The monoisotopic (exact) mass is 1720 g/mol. The predicted molar refractivity (Wildman–Crippen MR) is 538 cm³/mol. The first-order valence-electron chi connectivity index (χ1n) is 46.7. The molecule has 23 aliphatic rings. The number of rotatable bonds is 13. The van der Waals surface area contributed by atoms with E-state index in [9.17, 15) is 17.6 Å². The van der Waals surface area contributed by atoms with E-state index in [1.54, 1.807) is 25.7 Å². The fourth-order valence-corrected chi connectivity index (χ4v) is 24.9. The van der Waals surface area contributed by atoms with E-state index in [2.05, 4.69) is 178 Å². The summed E-state index contributed by atoms with van der Waals surface area (Å²) in [6, 6.07) is 14.6. The quantitative estimate of drug-likeness (QED) is 0.198. The molecule has 0 aliphatic heterocycles. The first-order valence-corrected chi connectivity index (χ1v) is 47.1. The minimum absolute atomic E-state index is 0. The number of benzene rings is 2. The third kappa shape index (κ3) is 30.0. The Morgan fingerprint density at radius 2 is 0.583 bits per heavy atom. The Bertz CT molecular complexity index is 2750. The normalized spacial score (nSPS) is 34.0. The van der Waals surface area contributed by atoms with Gasteiger partial charge in [0.25, 0.3) is 0 Å². The van der Waals surface area contributed by atoms with Crippen LogP contribution in [0.2, 0.25) is 5.02 Å². The van der Waals surface area contributed by atoms with Crippen molar-refractivity contribution in [1.29, 1.82) is 0 Å². The molecule has 120 heavy (non-hydrogen) atoms. The van der Waals surface area contributed by atoms with Gasteiger partial charge in [-0.1, -0.05) is 336 Å². The molecule has 2 aromatic carbocycles. The lowest BCUT2D eigenvalue weighted by Gasteiger charge is -2.72. The Morgan fingerprint density at radius 1 is 0.317 bits per heavy atom. The minimum atomic E-state index is -2.32. The molecular formula is C114H219ClF4O. The van der Waals surface area contributed by atoms with Crippen molar-refractivity contribution in [2.45, 2.75) is 503 Å². The van der Waals surface area contributed by atoms with Gasteiger partial charge < -0.3 is 5.11 Å². The third-order valence-corrected chi connectivity index (χ3v) is 35.4. The highest BCUT2D eigenvalue weighted by atomic mass is 35.5. The van der Waals surface area contributed by atoms with E-state index in [4.69, 9.17) is 16.7 Å². The van der Waals surface area contributed by atoms with Gasteiger partial charge in [-0.15, -0.1) is 0 Å². The van der Waals surface area contributed by atoms with Gasteiger partial charge in [-0.3, -0.25) is 0 Å². The summed E-state index contributed by atoms with van der Waals surface area (Å²) < 4.78 is 49.5. The van der Waals surface area contributed by atoms with Gasteiger partial charge in [0.1, 0.15) is 11.5 Å². The lowest BCUT2D eigenvalue weighted by Crippen LogP contribution is -2.66. The number of hydrogen-bond acceptors (Lipinski definition) is 1. The van der Waals surface area contributed by atoms with Crippen LogP contribution in [-0.4, -0.2) is 23.3 Å². The fraction of sp³-hybridized carbons (Fsp3) is 0.895. The minimum Gasteiger partial charge on any atom is -0.396 e. The fourth-order valence-electron chi connectivity index (χ4n) is 24.8. The second-order valence-electron chi connectivity index (χ2n) is 46.8. The van der Waals surface area contributed by atoms with Gasteiger partial charge in [0.15, 0.2) is 0 Å². The van der Waals surface area contributed by atoms with Crippen LogP contribution >= 0.6 is 11.6 Å². The molecule has 25 rings (SSSR count). The van der Waals surface area contributed by atoms with Crippen LogP contribution < -0.4 is 0 Å². The first-order chi connectivity index (χ1) is 50.5. The van der Waals surface area contributed by atoms with Gasteiger partial charge in [0, 0.05) is 24.5 Å². The predicted octanol–water partition coefficient (Wildman–Crippen LogP) is 40.3. The van der Waals surface area contributed by atoms with Crippen molar-refractivity contribution in [2.24, 2.45) is 149 Å². The number of fused-ring (bicyclic) bond motifs is 5. The number of hydrogen-bond donors (Lipinski definition) is 1. The summed E-state index contributed by atoms with van der Waals surface area (Å²) in [5, 5.41) is 9.79. The van der Waals surface area contributed by atoms with Crippen LogP contribution in [0.1, 0.15) is 503 Å². The second-order valence-corrected chi connectivity index (χ2v) is 47.3. The number of aliphatic hydroxyl groups is 1. The topological polar surface area (TPSA) is 20.2 Å². The van der Waals surface area contributed by atoms with E-state index in [1.165, 1.54) is 184 Å². The first kappa shape index (κ1) is 125. The molecule has 0 amide bonds. The van der Waals surface area contributed by atoms with Crippen LogP contribution in [0.15, 0.2) is 48.5 Å². The van der Waals surface area contributed by atoms with Crippen molar-refractivity contribution >= 4 is 11.6 Å². The molecule has 0 saturated heterocycles. The van der Waals surface area contributed by atoms with Crippen molar-refractivity contribution in [3.63, 3.8) is 0 Å². The molecule has 0 spiro atoms. The van der Waals surface area contributed by atoms with Crippen LogP contribution in [0.3, 0.4) is 0 Å². The zero-order valence-corrected chi connectivity index (χ0v) is 76.9. The Hall–Kier alpha value is -1.59. The molecule has 6 heteroatoms. The lowest BCUT2D eigenvalue weighted by atomic mass is 9.32. The standard InChI is InChI=1S/C11H20.C10H18.C9H11Cl.C9H11F.C9H16O.2C9H16.C8H13F.C8H14.C7H12F2.2C7H14.11CH4/c1-9(2)11-6-3-10(4-7-11)5-8-11;1-8(2)10-5-3-9(7-10)4-6-10;2*1-7(2)8-3-5-9(10)6-4-8;1-7(2)9-3-8(4-9,5-9)6-10;2*1-7(2)9-4-8(3,5-9)6-9;1-6(2)7-3-8(9,4-7)5-7;1-6(2)8-3-7(4-8)5-8;1-5(2)6-3-7(8,9)4-6;2*1-6(2)7-4-3-5-7;;;;;;;;;;;/h9-10H,3-8H2,1-2H3;8-9H,3-7H2,1-2H3;2*3-7H,1-2H3;7,10H,3-6H2,1-2H3;2*7H,4-6H2,1-3H3;6H,3-5H2,1-2H3;6-7H,3-5H2,1-2H3;5-6H,3-4H2,1-2H3;2*6-7H,3-5H2,1-2H3;11*1H4. The maximum Gasteiger partial charge on any atom is 0.248 e. The SMILES string of the molecule is C.C.C.C.C.C.C.C.C.C.C.CC(C)C12CC(C)(C1)C2.CC(C)C12CC(C)(C1)C2.CC(C)C12CC(C1)C2.CC(C)C12CC(CO)(C1)C2.CC(C)C12CC(F)(C1)C2.CC(C)C12CCC(CC1)C2.CC(C)C12CCC(CC1)CC2.CC(C)C1CC(F)(F)C1.CC(C)C1CCC1.CC(C)C1CCC1.CC(C)c1ccc(Cl)cc1.CC(C)c1ccc(F)cc1. The summed E-state index contributed by atoms with van der Waals surface area (Å²) in [7, 11) is 0. The average Bonchev–Trinajstić information content (AvgIpc) is 0.770. The lowest BCUT2D eigenvalue weighted by molar-refractivity contribution is -0.245. The highest BCUT2D eigenvalue weighted by molar-refractivity contribution is 6.30. The van der Waals surface area contributed by atoms with Gasteiger partial charge in [0.05, 0.1) is 0 Å². The number of halogens is 5. The molecule has 0 heterocycles. The Morgan fingerprint density at radius 3 is 0.733 bits per heavy atom. The zero-order chi connectivity index (χ0) is 81.1. The van der Waals surface area contributed by atoms with Crippen LogP contribution in [0.25, 0.3) is 0 Å². The van der Waals surface area contributed by atoms with E-state index in [0.29, 0.717) is 46.5 Å². The molecule has 0 aromatic heterocycles. The Labute approximate surface area is 759 Å². The molecule has 1 N–H and O–H groups in total. The molecule has 0 radical (unpaired) electrons.